The Bertz CT molecular complexity index is 492. The Morgan fingerprint density at radius 1 is 1.28 bits per heavy atom. The van der Waals surface area contributed by atoms with Crippen molar-refractivity contribution < 1.29 is 17.3 Å². The van der Waals surface area contributed by atoms with Gasteiger partial charge in [-0.2, -0.15) is 8.42 Å². The average molecular weight is 270 g/mol. The summed E-state index contributed by atoms with van der Waals surface area (Å²) in [5, 5.41) is 0. The lowest BCUT2D eigenvalue weighted by atomic mass is 10.2. The second-order valence-corrected chi connectivity index (χ2v) is 6.31. The van der Waals surface area contributed by atoms with E-state index in [1.165, 1.54) is 0 Å². The minimum atomic E-state index is -3.66. The summed E-state index contributed by atoms with van der Waals surface area (Å²) in [5.74, 6) is 0. The molecule has 2 rings (SSSR count). The third-order valence-corrected chi connectivity index (χ3v) is 4.33. The highest BCUT2D eigenvalue weighted by Gasteiger charge is 2.25. The lowest BCUT2D eigenvalue weighted by Gasteiger charge is -2.11. The molecule has 0 bridgehead atoms. The van der Waals surface area contributed by atoms with E-state index in [0.717, 1.165) is 18.4 Å². The van der Waals surface area contributed by atoms with Crippen LogP contribution in [0.25, 0.3) is 0 Å². The Labute approximate surface area is 108 Å². The monoisotopic (exact) mass is 270 g/mol. The molecular formula is C13H18O4S. The van der Waals surface area contributed by atoms with Gasteiger partial charge in [0.25, 0.3) is 10.1 Å². The topological polar surface area (TPSA) is 52.6 Å². The van der Waals surface area contributed by atoms with E-state index < -0.39 is 10.1 Å². The third kappa shape index (κ3) is 3.31. The predicted molar refractivity (Wildman–Crippen MR) is 67.9 cm³/mol. The standard InChI is InChI=1S/C13H18O4S/c1-10-3-7-13(8-4-10)18(14,15)16-9-12-6-5-11(2)17-12/h3-4,7-8,11-12H,5-6,9H2,1-2H3/t11-,12?/m0/s1. The van der Waals surface area contributed by atoms with E-state index in [4.69, 9.17) is 8.92 Å². The molecule has 4 nitrogen and oxygen atoms in total. The minimum absolute atomic E-state index is 0.0978. The number of benzene rings is 1. The zero-order valence-electron chi connectivity index (χ0n) is 10.6. The fraction of sp³-hybridized carbons (Fsp3) is 0.538. The van der Waals surface area contributed by atoms with Crippen LogP contribution in [0.3, 0.4) is 0 Å². The van der Waals surface area contributed by atoms with Gasteiger partial charge in [0.05, 0.1) is 23.7 Å². The van der Waals surface area contributed by atoms with Crippen molar-refractivity contribution in [2.45, 2.75) is 43.8 Å². The third-order valence-electron chi connectivity index (χ3n) is 3.04. The lowest BCUT2D eigenvalue weighted by molar-refractivity contribution is 0.0279. The van der Waals surface area contributed by atoms with Crippen molar-refractivity contribution in [1.29, 1.82) is 0 Å². The smallest absolute Gasteiger partial charge is 0.297 e. The van der Waals surface area contributed by atoms with Gasteiger partial charge >= 0.3 is 0 Å². The second kappa shape index (κ2) is 5.38. The highest BCUT2D eigenvalue weighted by Crippen LogP contribution is 2.21. The SMILES string of the molecule is Cc1ccc(S(=O)(=O)OCC2CC[C@H](C)O2)cc1. The van der Waals surface area contributed by atoms with Gasteiger partial charge < -0.3 is 4.74 Å². The first-order valence-corrected chi connectivity index (χ1v) is 7.50. The summed E-state index contributed by atoms with van der Waals surface area (Å²) in [5.41, 5.74) is 1.02. The molecular weight excluding hydrogens is 252 g/mol. The molecule has 0 spiro atoms. The van der Waals surface area contributed by atoms with Gasteiger partial charge in [-0.1, -0.05) is 17.7 Å². The van der Waals surface area contributed by atoms with E-state index in [-0.39, 0.29) is 23.7 Å². The molecule has 100 valence electrons. The quantitative estimate of drug-likeness (QED) is 0.788. The first-order valence-electron chi connectivity index (χ1n) is 6.09. The first-order chi connectivity index (χ1) is 8.47. The lowest BCUT2D eigenvalue weighted by Crippen LogP contribution is -2.19. The van der Waals surface area contributed by atoms with Crippen molar-refractivity contribution in [2.24, 2.45) is 0 Å². The van der Waals surface area contributed by atoms with Crippen molar-refractivity contribution in [1.82, 2.24) is 0 Å². The Kier molecular flexibility index (Phi) is 4.04. The summed E-state index contributed by atoms with van der Waals surface area (Å²) in [6.45, 7) is 3.99. The van der Waals surface area contributed by atoms with E-state index in [1.807, 2.05) is 13.8 Å². The van der Waals surface area contributed by atoms with Gasteiger partial charge in [0, 0.05) is 0 Å². The number of rotatable bonds is 4. The molecule has 1 aliphatic heterocycles. The van der Waals surface area contributed by atoms with Gasteiger partial charge in [0.1, 0.15) is 0 Å². The summed E-state index contributed by atoms with van der Waals surface area (Å²) in [6.07, 6.45) is 1.89. The van der Waals surface area contributed by atoms with E-state index in [9.17, 15) is 8.42 Å². The fourth-order valence-corrected chi connectivity index (χ4v) is 2.88. The summed E-state index contributed by atoms with van der Waals surface area (Å²) >= 11 is 0. The van der Waals surface area contributed by atoms with Gasteiger partial charge in [-0.3, -0.25) is 4.18 Å². The van der Waals surface area contributed by atoms with Gasteiger partial charge in [0.15, 0.2) is 0 Å². The molecule has 0 amide bonds. The summed E-state index contributed by atoms with van der Waals surface area (Å²) in [6, 6.07) is 6.63. The highest BCUT2D eigenvalue weighted by molar-refractivity contribution is 7.86. The maximum atomic E-state index is 11.9. The molecule has 5 heteroatoms. The maximum absolute atomic E-state index is 11.9. The Morgan fingerprint density at radius 2 is 1.94 bits per heavy atom. The molecule has 18 heavy (non-hydrogen) atoms. The Hall–Kier alpha value is -0.910. The zero-order valence-corrected chi connectivity index (χ0v) is 11.4. The summed E-state index contributed by atoms with van der Waals surface area (Å²) in [7, 11) is -3.66. The Morgan fingerprint density at radius 3 is 2.50 bits per heavy atom. The van der Waals surface area contributed by atoms with Crippen LogP contribution in [0.4, 0.5) is 0 Å². The van der Waals surface area contributed by atoms with Crippen LogP contribution >= 0.6 is 0 Å². The van der Waals surface area contributed by atoms with Gasteiger partial charge in [-0.25, -0.2) is 0 Å². The van der Waals surface area contributed by atoms with Gasteiger partial charge in [-0.15, -0.1) is 0 Å². The van der Waals surface area contributed by atoms with Crippen molar-refractivity contribution in [3.8, 4) is 0 Å². The van der Waals surface area contributed by atoms with E-state index >= 15 is 0 Å². The predicted octanol–water partition coefficient (Wildman–Crippen LogP) is 2.27. The van der Waals surface area contributed by atoms with Crippen molar-refractivity contribution in [2.75, 3.05) is 6.61 Å². The molecule has 0 aliphatic carbocycles. The maximum Gasteiger partial charge on any atom is 0.297 e. The average Bonchev–Trinajstić information content (AvgIpc) is 2.73. The molecule has 2 atom stereocenters. The molecule has 0 radical (unpaired) electrons. The van der Waals surface area contributed by atoms with Crippen LogP contribution in [0.2, 0.25) is 0 Å². The number of aryl methyl sites for hydroxylation is 1. The number of ether oxygens (including phenoxy) is 1. The molecule has 1 aromatic carbocycles. The van der Waals surface area contributed by atoms with Crippen LogP contribution < -0.4 is 0 Å². The van der Waals surface area contributed by atoms with Crippen LogP contribution in [0.1, 0.15) is 25.3 Å². The van der Waals surface area contributed by atoms with Gasteiger partial charge in [0.2, 0.25) is 0 Å². The first kappa shape index (κ1) is 13.5. The molecule has 1 saturated heterocycles. The van der Waals surface area contributed by atoms with Crippen molar-refractivity contribution >= 4 is 10.1 Å². The normalized spacial score (nSPS) is 24.3. The van der Waals surface area contributed by atoms with Crippen LogP contribution in [0.5, 0.6) is 0 Å². The fourth-order valence-electron chi connectivity index (χ4n) is 1.95. The number of hydrogen-bond donors (Lipinski definition) is 0. The highest BCUT2D eigenvalue weighted by atomic mass is 32.2. The van der Waals surface area contributed by atoms with E-state index in [2.05, 4.69) is 0 Å². The van der Waals surface area contributed by atoms with E-state index in [1.54, 1.807) is 24.3 Å². The summed E-state index contributed by atoms with van der Waals surface area (Å²) < 4.78 is 34.4. The minimum Gasteiger partial charge on any atom is -0.373 e. The Balaban J connectivity index is 1.97. The van der Waals surface area contributed by atoms with Crippen molar-refractivity contribution in [3.05, 3.63) is 29.8 Å². The molecule has 0 N–H and O–H groups in total. The van der Waals surface area contributed by atoms with Crippen molar-refractivity contribution in [3.63, 3.8) is 0 Å². The van der Waals surface area contributed by atoms with Crippen LogP contribution in [-0.2, 0) is 19.0 Å². The molecule has 1 aliphatic rings. The second-order valence-electron chi connectivity index (χ2n) is 4.70. The molecule has 1 unspecified atom stereocenters. The largest absolute Gasteiger partial charge is 0.373 e. The summed E-state index contributed by atoms with van der Waals surface area (Å²) in [4.78, 5) is 0.194. The van der Waals surface area contributed by atoms with E-state index in [0.29, 0.717) is 0 Å². The molecule has 1 heterocycles. The number of hydrogen-bond acceptors (Lipinski definition) is 4. The molecule has 1 fully saturated rings. The molecule has 0 aromatic heterocycles. The van der Waals surface area contributed by atoms with Crippen LogP contribution in [-0.4, -0.2) is 27.2 Å². The van der Waals surface area contributed by atoms with Crippen LogP contribution in [0.15, 0.2) is 29.2 Å². The zero-order chi connectivity index (χ0) is 13.2. The van der Waals surface area contributed by atoms with Gasteiger partial charge in [-0.05, 0) is 38.8 Å². The molecule has 0 saturated carbocycles. The molecule has 1 aromatic rings. The van der Waals surface area contributed by atoms with Crippen LogP contribution in [0, 0.1) is 6.92 Å².